The van der Waals surface area contributed by atoms with Crippen LogP contribution in [0, 0.1) is 0 Å². The molecule has 140 valence electrons. The molecule has 2 amide bonds. The van der Waals surface area contributed by atoms with Crippen LogP contribution in [0.4, 0.5) is 0 Å². The fourth-order valence-electron chi connectivity index (χ4n) is 3.36. The van der Waals surface area contributed by atoms with Crippen molar-refractivity contribution < 1.29 is 19.1 Å². The lowest BCUT2D eigenvalue weighted by Gasteiger charge is -2.31. The van der Waals surface area contributed by atoms with Crippen molar-refractivity contribution in [1.82, 2.24) is 19.7 Å². The van der Waals surface area contributed by atoms with Crippen LogP contribution in [0.3, 0.4) is 0 Å². The number of pyridine rings is 2. The molecule has 0 radical (unpaired) electrons. The molecule has 9 heteroatoms. The number of hydrogen-bond acceptors (Lipinski definition) is 6. The Hall–Kier alpha value is -3.20. The molecule has 0 aromatic carbocycles. The minimum atomic E-state index is -0.555. The van der Waals surface area contributed by atoms with Gasteiger partial charge in [-0.05, 0) is 18.6 Å². The Balaban J connectivity index is 1.71. The van der Waals surface area contributed by atoms with Crippen molar-refractivity contribution in [2.24, 2.45) is 5.73 Å². The molecule has 4 heterocycles. The van der Waals surface area contributed by atoms with E-state index >= 15 is 0 Å². The Morgan fingerprint density at radius 1 is 1.44 bits per heavy atom. The van der Waals surface area contributed by atoms with Gasteiger partial charge < -0.3 is 20.5 Å². The van der Waals surface area contributed by atoms with E-state index in [2.05, 4.69) is 15.3 Å². The fraction of sp³-hybridized carbons (Fsp3) is 0.333. The zero-order valence-corrected chi connectivity index (χ0v) is 14.7. The normalized spacial score (nSPS) is 20.0. The van der Waals surface area contributed by atoms with E-state index in [1.807, 2.05) is 6.92 Å². The van der Waals surface area contributed by atoms with Crippen molar-refractivity contribution in [3.05, 3.63) is 36.3 Å². The minimum Gasteiger partial charge on any atom is -0.474 e. The lowest BCUT2D eigenvalue weighted by molar-refractivity contribution is -0.138. The average Bonchev–Trinajstić information content (AvgIpc) is 3.15. The largest absolute Gasteiger partial charge is 0.474 e. The predicted octanol–water partition coefficient (Wildman–Crippen LogP) is 0.654. The maximum absolute atomic E-state index is 11.7. The van der Waals surface area contributed by atoms with Gasteiger partial charge in [0.2, 0.25) is 11.8 Å². The molecule has 2 atom stereocenters. The second kappa shape index (κ2) is 6.84. The highest BCUT2D eigenvalue weighted by Crippen LogP contribution is 2.27. The molecule has 0 bridgehead atoms. The summed E-state index contributed by atoms with van der Waals surface area (Å²) in [7, 11) is 0. The van der Waals surface area contributed by atoms with Crippen LogP contribution in [-0.2, 0) is 9.53 Å². The van der Waals surface area contributed by atoms with Gasteiger partial charge in [-0.3, -0.25) is 14.0 Å². The molecule has 3 aromatic rings. The first-order valence-electron chi connectivity index (χ1n) is 8.66. The number of fused-ring (bicyclic) bond motifs is 3. The van der Waals surface area contributed by atoms with Crippen LogP contribution >= 0.6 is 0 Å². The number of rotatable bonds is 5. The minimum absolute atomic E-state index is 0.0626. The Kier molecular flexibility index (Phi) is 4.36. The second-order valence-corrected chi connectivity index (χ2v) is 6.34. The summed E-state index contributed by atoms with van der Waals surface area (Å²) in [5, 5.41) is 3.64. The average molecular weight is 369 g/mol. The number of carbonyl (C=O) groups is 2. The van der Waals surface area contributed by atoms with Crippen molar-refractivity contribution in [2.75, 3.05) is 13.2 Å². The summed E-state index contributed by atoms with van der Waals surface area (Å²) in [4.78, 5) is 31.9. The van der Waals surface area contributed by atoms with Gasteiger partial charge in [-0.1, -0.05) is 6.92 Å². The molecule has 1 aliphatic heterocycles. The second-order valence-electron chi connectivity index (χ2n) is 6.34. The van der Waals surface area contributed by atoms with Crippen LogP contribution in [0.2, 0.25) is 0 Å². The van der Waals surface area contributed by atoms with Gasteiger partial charge in [0.1, 0.15) is 24.4 Å². The summed E-state index contributed by atoms with van der Waals surface area (Å²) in [5.74, 6) is -0.344. The maximum atomic E-state index is 11.7. The van der Waals surface area contributed by atoms with Crippen molar-refractivity contribution in [2.45, 2.75) is 25.5 Å². The highest BCUT2D eigenvalue weighted by molar-refractivity contribution is 6.03. The molecular formula is C18H19N5O4. The molecule has 3 N–H and O–H groups in total. The lowest BCUT2D eigenvalue weighted by atomic mass is 10.1. The number of imidazole rings is 1. The molecule has 0 saturated carbocycles. The molecule has 1 aliphatic rings. The molecule has 27 heavy (non-hydrogen) atoms. The van der Waals surface area contributed by atoms with Gasteiger partial charge in [0.15, 0.2) is 0 Å². The first-order valence-corrected chi connectivity index (χ1v) is 8.66. The number of amides is 2. The molecule has 0 unspecified atom stereocenters. The van der Waals surface area contributed by atoms with E-state index in [1.54, 1.807) is 35.1 Å². The molecule has 1 saturated heterocycles. The molecular weight excluding hydrogens is 350 g/mol. The summed E-state index contributed by atoms with van der Waals surface area (Å²) in [6.45, 7) is 2.27. The Bertz CT molecular complexity index is 1030. The van der Waals surface area contributed by atoms with Gasteiger partial charge in [-0.25, -0.2) is 9.97 Å². The predicted molar refractivity (Wildman–Crippen MR) is 96.5 cm³/mol. The third kappa shape index (κ3) is 3.06. The molecule has 1 fully saturated rings. The van der Waals surface area contributed by atoms with Crippen LogP contribution in [0.25, 0.3) is 16.6 Å². The van der Waals surface area contributed by atoms with Crippen LogP contribution in [-0.4, -0.2) is 51.5 Å². The van der Waals surface area contributed by atoms with E-state index in [-0.39, 0.29) is 31.3 Å². The zero-order valence-electron chi connectivity index (χ0n) is 14.7. The summed E-state index contributed by atoms with van der Waals surface area (Å²) < 4.78 is 13.2. The zero-order chi connectivity index (χ0) is 19.0. The number of primary amides is 1. The van der Waals surface area contributed by atoms with Crippen LogP contribution in [0.15, 0.2) is 30.7 Å². The number of hydrogen-bond donors (Lipinski definition) is 2. The maximum Gasteiger partial charge on any atom is 0.252 e. The number of nitrogens with one attached hydrogen (secondary N) is 1. The molecule has 0 aliphatic carbocycles. The topological polar surface area (TPSA) is 121 Å². The van der Waals surface area contributed by atoms with Gasteiger partial charge in [-0.2, -0.15) is 0 Å². The highest BCUT2D eigenvalue weighted by atomic mass is 16.5. The van der Waals surface area contributed by atoms with Crippen LogP contribution < -0.4 is 15.8 Å². The Morgan fingerprint density at radius 3 is 3.07 bits per heavy atom. The number of aromatic nitrogens is 3. The van der Waals surface area contributed by atoms with E-state index in [1.165, 1.54) is 0 Å². The van der Waals surface area contributed by atoms with Gasteiger partial charge in [0.05, 0.1) is 17.7 Å². The van der Waals surface area contributed by atoms with Gasteiger partial charge in [0.25, 0.3) is 5.91 Å². The molecule has 0 spiro atoms. The monoisotopic (exact) mass is 369 g/mol. The number of nitrogens with two attached hydrogens (primary N) is 1. The van der Waals surface area contributed by atoms with Crippen LogP contribution in [0.1, 0.15) is 23.7 Å². The Labute approximate surface area is 154 Å². The number of nitrogens with zero attached hydrogens (tertiary/aromatic N) is 3. The summed E-state index contributed by atoms with van der Waals surface area (Å²) in [5.41, 5.74) is 6.91. The third-order valence-electron chi connectivity index (χ3n) is 4.64. The van der Waals surface area contributed by atoms with Gasteiger partial charge in [-0.15, -0.1) is 0 Å². The van der Waals surface area contributed by atoms with E-state index in [0.717, 1.165) is 11.8 Å². The van der Waals surface area contributed by atoms with E-state index < -0.39 is 5.91 Å². The quantitative estimate of drug-likeness (QED) is 0.681. The summed E-state index contributed by atoms with van der Waals surface area (Å²) >= 11 is 0. The van der Waals surface area contributed by atoms with Crippen LogP contribution in [0.5, 0.6) is 5.88 Å². The summed E-state index contributed by atoms with van der Waals surface area (Å²) in [6, 6.07) is 3.18. The highest BCUT2D eigenvalue weighted by Gasteiger charge is 2.29. The van der Waals surface area contributed by atoms with Crippen molar-refractivity contribution in [3.8, 4) is 5.88 Å². The smallest absolute Gasteiger partial charge is 0.252 e. The standard InChI is InChI=1S/C18H19N5O4/c1-2-13-12(22-14(24)9-26-13)8-27-18-15-10(3-4-21-18)7-11(16(19)25)17-20-5-6-23(15)17/h3-7,12-13H,2,8-9H2,1H3,(H2,19,25)(H,22,24)/t12-,13+/m1/s1. The number of morpholine rings is 1. The SMILES string of the molecule is CC[C@@H]1OCC(=O)N[C@@H]1COc1nccc2cc(C(N)=O)c3nccn3c12. The summed E-state index contributed by atoms with van der Waals surface area (Å²) in [6.07, 6.45) is 5.54. The number of ether oxygens (including phenoxy) is 2. The van der Waals surface area contributed by atoms with Gasteiger partial charge in [0, 0.05) is 24.0 Å². The first kappa shape index (κ1) is 17.2. The van der Waals surface area contributed by atoms with Crippen molar-refractivity contribution in [1.29, 1.82) is 0 Å². The van der Waals surface area contributed by atoms with E-state index in [9.17, 15) is 9.59 Å². The Morgan fingerprint density at radius 2 is 2.30 bits per heavy atom. The van der Waals surface area contributed by atoms with Crippen molar-refractivity contribution in [3.63, 3.8) is 0 Å². The molecule has 9 nitrogen and oxygen atoms in total. The van der Waals surface area contributed by atoms with E-state index in [0.29, 0.717) is 22.6 Å². The molecule has 4 rings (SSSR count). The number of carbonyl (C=O) groups excluding carboxylic acids is 2. The van der Waals surface area contributed by atoms with Crippen molar-refractivity contribution >= 4 is 28.4 Å². The lowest BCUT2D eigenvalue weighted by Crippen LogP contribution is -2.54. The fourth-order valence-corrected chi connectivity index (χ4v) is 3.36. The molecule has 3 aromatic heterocycles. The van der Waals surface area contributed by atoms with E-state index in [4.69, 9.17) is 15.2 Å². The third-order valence-corrected chi connectivity index (χ3v) is 4.64. The first-order chi connectivity index (χ1) is 13.1. The van der Waals surface area contributed by atoms with Gasteiger partial charge >= 0.3 is 0 Å².